The molecule has 0 aromatic heterocycles. The molecule has 3 aliphatic rings. The monoisotopic (exact) mass is 508 g/mol. The van der Waals surface area contributed by atoms with Crippen molar-refractivity contribution in [1.29, 1.82) is 0 Å². The lowest BCUT2D eigenvalue weighted by Crippen LogP contribution is -2.57. The zero-order valence-corrected chi connectivity index (χ0v) is 21.2. The van der Waals surface area contributed by atoms with E-state index in [1.165, 1.54) is 0 Å². The van der Waals surface area contributed by atoms with Crippen molar-refractivity contribution < 1.29 is 14.3 Å². The van der Waals surface area contributed by atoms with Gasteiger partial charge in [-0.15, -0.1) is 11.8 Å². The lowest BCUT2D eigenvalue weighted by Gasteiger charge is -2.47. The van der Waals surface area contributed by atoms with Crippen LogP contribution in [0.25, 0.3) is 0 Å². The van der Waals surface area contributed by atoms with Gasteiger partial charge in [-0.3, -0.25) is 9.69 Å². The smallest absolute Gasteiger partial charge is 0.329 e. The number of amides is 1. The second-order valence-electron chi connectivity index (χ2n) is 9.49. The Morgan fingerprint density at radius 2 is 1.51 bits per heavy atom. The van der Waals surface area contributed by atoms with Gasteiger partial charge in [-0.05, 0) is 53.2 Å². The molecule has 0 bridgehead atoms. The molecule has 5 nitrogen and oxygen atoms in total. The van der Waals surface area contributed by atoms with Crippen LogP contribution in [0.15, 0.2) is 114 Å². The van der Waals surface area contributed by atoms with E-state index in [1.54, 1.807) is 11.8 Å². The van der Waals surface area contributed by atoms with Crippen LogP contribution in [0.2, 0.25) is 0 Å². The lowest BCUT2D eigenvalue weighted by molar-refractivity contribution is -0.154. The molecule has 2 fully saturated rings. The van der Waals surface area contributed by atoms with Crippen molar-refractivity contribution in [3.63, 3.8) is 0 Å². The van der Waals surface area contributed by atoms with E-state index >= 15 is 0 Å². The van der Waals surface area contributed by atoms with E-state index in [-0.39, 0.29) is 17.3 Å². The van der Waals surface area contributed by atoms with Crippen LogP contribution in [-0.4, -0.2) is 41.3 Å². The second-order valence-corrected chi connectivity index (χ2v) is 10.5. The Balaban J connectivity index is 1.28. The third-order valence-electron chi connectivity index (χ3n) is 7.21. The first kappa shape index (κ1) is 23.8. The summed E-state index contributed by atoms with van der Waals surface area (Å²) < 4.78 is 6.27. The van der Waals surface area contributed by atoms with Crippen LogP contribution in [0.5, 0.6) is 0 Å². The van der Waals surface area contributed by atoms with E-state index in [0.717, 1.165) is 40.9 Å². The van der Waals surface area contributed by atoms with E-state index in [2.05, 4.69) is 10.3 Å². The molecule has 0 spiro atoms. The van der Waals surface area contributed by atoms with Gasteiger partial charge in [-0.1, -0.05) is 78.9 Å². The van der Waals surface area contributed by atoms with Gasteiger partial charge in [0.25, 0.3) is 5.91 Å². The van der Waals surface area contributed by atoms with Crippen LogP contribution in [0.3, 0.4) is 0 Å². The largest absolute Gasteiger partial charge is 0.451 e. The van der Waals surface area contributed by atoms with Crippen molar-refractivity contribution in [2.75, 3.05) is 18.0 Å². The van der Waals surface area contributed by atoms with Gasteiger partial charge in [-0.25, -0.2) is 4.79 Å². The van der Waals surface area contributed by atoms with Crippen molar-refractivity contribution in [2.45, 2.75) is 30.4 Å². The van der Waals surface area contributed by atoms with E-state index in [4.69, 9.17) is 4.74 Å². The molecule has 186 valence electrons. The highest BCUT2D eigenvalue weighted by molar-refractivity contribution is 8.02. The average Bonchev–Trinajstić information content (AvgIpc) is 3.29. The third-order valence-corrected chi connectivity index (χ3v) is 8.44. The number of hydrogen-bond acceptors (Lipinski definition) is 5. The minimum Gasteiger partial charge on any atom is -0.451 e. The quantitative estimate of drug-likeness (QED) is 0.315. The summed E-state index contributed by atoms with van der Waals surface area (Å²) in [7, 11) is 0. The predicted octanol–water partition coefficient (Wildman–Crippen LogP) is 5.71. The van der Waals surface area contributed by atoms with Crippen LogP contribution in [-0.2, 0) is 14.3 Å². The number of thioether (sulfide) groups is 1. The molecule has 3 heterocycles. The van der Waals surface area contributed by atoms with Gasteiger partial charge in [0, 0.05) is 24.4 Å². The van der Waals surface area contributed by atoms with Crippen LogP contribution in [0.1, 0.15) is 30.1 Å². The summed E-state index contributed by atoms with van der Waals surface area (Å²) >= 11 is 1.72. The molecule has 0 radical (unpaired) electrons. The predicted molar refractivity (Wildman–Crippen MR) is 147 cm³/mol. The molecule has 6 rings (SSSR count). The van der Waals surface area contributed by atoms with Crippen molar-refractivity contribution in [2.24, 2.45) is 0 Å². The molecule has 0 N–H and O–H groups in total. The molecule has 0 saturated carbocycles. The number of rotatable bonds is 6. The summed E-state index contributed by atoms with van der Waals surface area (Å²) in [5.74, 6) is -0.280. The summed E-state index contributed by atoms with van der Waals surface area (Å²) in [6.07, 6.45) is 3.12. The highest BCUT2D eigenvalue weighted by Crippen LogP contribution is 2.41. The zero-order valence-electron chi connectivity index (χ0n) is 20.4. The van der Waals surface area contributed by atoms with Crippen LogP contribution >= 0.6 is 11.8 Å². The number of para-hydroxylation sites is 1. The minimum absolute atomic E-state index is 0.00129. The van der Waals surface area contributed by atoms with Crippen molar-refractivity contribution >= 4 is 29.3 Å². The fourth-order valence-electron chi connectivity index (χ4n) is 5.19. The SMILES string of the molecule is O=C(OC(c1ccccc1)c1ccccc1)C1C(C=C2CCN(c3ccccc3)C2=O)=CSC2CCN21. The Kier molecular flexibility index (Phi) is 6.68. The van der Waals surface area contributed by atoms with Gasteiger partial charge in [0.15, 0.2) is 6.10 Å². The highest BCUT2D eigenvalue weighted by Gasteiger charge is 2.44. The van der Waals surface area contributed by atoms with E-state index < -0.39 is 12.1 Å². The standard InChI is InChI=1S/C31H28N2O3S/c34-30-24(16-18-32(30)26-14-8-3-9-15-26)20-25-21-37-27-17-19-33(27)28(25)31(35)36-29(22-10-4-1-5-11-22)23-12-6-2-7-13-23/h1-15,20-21,27-29H,16-19H2. The van der Waals surface area contributed by atoms with Crippen LogP contribution < -0.4 is 4.90 Å². The number of esters is 1. The first-order valence-electron chi connectivity index (χ1n) is 12.7. The van der Waals surface area contributed by atoms with Crippen molar-refractivity contribution in [1.82, 2.24) is 4.90 Å². The fraction of sp³-hybridized carbons (Fsp3) is 0.226. The number of carbonyl (C=O) groups is 2. The Hall–Kier alpha value is -3.61. The van der Waals surface area contributed by atoms with E-state index in [1.807, 2.05) is 102 Å². The van der Waals surface area contributed by atoms with Crippen molar-refractivity contribution in [3.8, 4) is 0 Å². The molecular formula is C31H28N2O3S. The van der Waals surface area contributed by atoms with Gasteiger partial charge in [-0.2, -0.15) is 0 Å². The molecular weight excluding hydrogens is 480 g/mol. The number of anilines is 1. The number of hydrogen-bond donors (Lipinski definition) is 0. The molecule has 3 aliphatic heterocycles. The number of carbonyl (C=O) groups excluding carboxylic acids is 2. The number of fused-ring (bicyclic) bond motifs is 1. The molecule has 3 aromatic rings. The molecule has 1 amide bonds. The molecule has 2 unspecified atom stereocenters. The fourth-order valence-corrected chi connectivity index (χ4v) is 6.33. The summed E-state index contributed by atoms with van der Waals surface area (Å²) in [5.41, 5.74) is 4.33. The first-order chi connectivity index (χ1) is 18.2. The van der Waals surface area contributed by atoms with Crippen LogP contribution in [0.4, 0.5) is 5.69 Å². The maximum atomic E-state index is 13.9. The van der Waals surface area contributed by atoms with E-state index in [0.29, 0.717) is 13.0 Å². The average molecular weight is 509 g/mol. The topological polar surface area (TPSA) is 49.9 Å². The Labute approximate surface area is 221 Å². The Morgan fingerprint density at radius 1 is 0.892 bits per heavy atom. The van der Waals surface area contributed by atoms with Gasteiger partial charge in [0.05, 0.1) is 5.37 Å². The summed E-state index contributed by atoms with van der Waals surface area (Å²) in [6.45, 7) is 1.48. The number of ether oxygens (including phenoxy) is 1. The maximum absolute atomic E-state index is 13.9. The van der Waals surface area contributed by atoms with Gasteiger partial charge >= 0.3 is 5.97 Å². The summed E-state index contributed by atoms with van der Waals surface area (Å²) in [4.78, 5) is 31.1. The number of benzene rings is 3. The molecule has 2 saturated heterocycles. The lowest BCUT2D eigenvalue weighted by atomic mass is 9.98. The van der Waals surface area contributed by atoms with Crippen LogP contribution in [0, 0.1) is 0 Å². The number of nitrogens with zero attached hydrogens (tertiary/aromatic N) is 2. The molecule has 3 aromatic carbocycles. The molecule has 0 aliphatic carbocycles. The molecule has 6 heteroatoms. The summed E-state index contributed by atoms with van der Waals surface area (Å²) in [6, 6.07) is 28.9. The second kappa shape index (κ2) is 10.4. The first-order valence-corrected chi connectivity index (χ1v) is 13.6. The Bertz CT molecular complexity index is 1300. The van der Waals surface area contributed by atoms with Crippen molar-refractivity contribution in [3.05, 3.63) is 125 Å². The zero-order chi connectivity index (χ0) is 25.2. The molecule has 37 heavy (non-hydrogen) atoms. The van der Waals surface area contributed by atoms with Gasteiger partial charge < -0.3 is 9.64 Å². The minimum atomic E-state index is -0.527. The maximum Gasteiger partial charge on any atom is 0.329 e. The summed E-state index contributed by atoms with van der Waals surface area (Å²) in [5, 5.41) is 2.32. The van der Waals surface area contributed by atoms with Gasteiger partial charge in [0.2, 0.25) is 0 Å². The highest BCUT2D eigenvalue weighted by atomic mass is 32.2. The third kappa shape index (κ3) is 4.75. The molecule has 2 atom stereocenters. The normalized spacial score (nSPS) is 22.5. The van der Waals surface area contributed by atoms with Gasteiger partial charge in [0.1, 0.15) is 6.04 Å². The van der Waals surface area contributed by atoms with E-state index in [9.17, 15) is 9.59 Å². The Morgan fingerprint density at radius 3 is 2.11 bits per heavy atom.